The highest BCUT2D eigenvalue weighted by molar-refractivity contribution is 7.89. The first-order valence-electron chi connectivity index (χ1n) is 8.21. The Bertz CT molecular complexity index is 972. The minimum absolute atomic E-state index is 0.234. The van der Waals surface area contributed by atoms with Crippen molar-refractivity contribution in [2.45, 2.75) is 43.2 Å². The summed E-state index contributed by atoms with van der Waals surface area (Å²) >= 11 is 0. The molecule has 0 aromatic heterocycles. The number of ether oxygens (including phenoxy) is 2. The molecule has 0 radical (unpaired) electrons. The fraction of sp³-hybridized carbons (Fsp3) is 0.333. The molecule has 2 aromatic rings. The summed E-state index contributed by atoms with van der Waals surface area (Å²) < 4.78 is 87.7. The Balaban J connectivity index is 1.87. The summed E-state index contributed by atoms with van der Waals surface area (Å²) in [5.41, 5.74) is -0.359. The third kappa shape index (κ3) is 4.74. The van der Waals surface area contributed by atoms with Crippen LogP contribution in [0.4, 0.5) is 17.6 Å². The summed E-state index contributed by atoms with van der Waals surface area (Å²) in [6, 6.07) is 6.87. The summed E-state index contributed by atoms with van der Waals surface area (Å²) in [4.78, 5) is -0.246. The summed E-state index contributed by atoms with van der Waals surface area (Å²) in [5, 5.41) is 0. The SMILES string of the molecule is CC1(C)C[C@@H](NS(=O)(=O)c2ccc(OC(F)(F)F)cc2)c2cc(F)ccc2O1. The van der Waals surface area contributed by atoms with Crippen molar-refractivity contribution in [2.75, 3.05) is 0 Å². The highest BCUT2D eigenvalue weighted by Gasteiger charge is 2.36. The Morgan fingerprint density at radius 3 is 2.39 bits per heavy atom. The molecular weight excluding hydrogens is 402 g/mol. The van der Waals surface area contributed by atoms with E-state index in [1.807, 2.05) is 0 Å². The van der Waals surface area contributed by atoms with Crippen molar-refractivity contribution < 1.29 is 35.5 Å². The van der Waals surface area contributed by atoms with Crippen molar-refractivity contribution in [3.8, 4) is 11.5 Å². The second-order valence-electron chi connectivity index (χ2n) is 6.94. The van der Waals surface area contributed by atoms with E-state index in [1.54, 1.807) is 13.8 Å². The lowest BCUT2D eigenvalue weighted by Crippen LogP contribution is -2.41. The number of rotatable bonds is 4. The van der Waals surface area contributed by atoms with Gasteiger partial charge in [0.25, 0.3) is 0 Å². The minimum atomic E-state index is -4.87. The summed E-state index contributed by atoms with van der Waals surface area (Å²) in [6.07, 6.45) is -4.64. The lowest BCUT2D eigenvalue weighted by Gasteiger charge is -2.37. The van der Waals surface area contributed by atoms with Crippen LogP contribution in [0.15, 0.2) is 47.4 Å². The van der Waals surface area contributed by atoms with Crippen LogP contribution in [0.3, 0.4) is 0 Å². The second kappa shape index (κ2) is 6.93. The fourth-order valence-electron chi connectivity index (χ4n) is 3.01. The van der Waals surface area contributed by atoms with E-state index >= 15 is 0 Å². The Morgan fingerprint density at radius 2 is 1.79 bits per heavy atom. The van der Waals surface area contributed by atoms with Crippen LogP contribution >= 0.6 is 0 Å². The van der Waals surface area contributed by atoms with Crippen LogP contribution in [0.25, 0.3) is 0 Å². The maximum atomic E-state index is 13.7. The van der Waals surface area contributed by atoms with Gasteiger partial charge in [0.15, 0.2) is 0 Å². The Morgan fingerprint density at radius 1 is 1.14 bits per heavy atom. The van der Waals surface area contributed by atoms with Crippen molar-refractivity contribution in [2.24, 2.45) is 0 Å². The molecule has 2 aromatic carbocycles. The Labute approximate surface area is 159 Å². The molecule has 0 spiro atoms. The van der Waals surface area contributed by atoms with Crippen molar-refractivity contribution in [3.63, 3.8) is 0 Å². The molecule has 5 nitrogen and oxygen atoms in total. The Hall–Kier alpha value is -2.33. The molecule has 152 valence electrons. The van der Waals surface area contributed by atoms with E-state index in [1.165, 1.54) is 18.2 Å². The first-order valence-corrected chi connectivity index (χ1v) is 9.70. The molecule has 0 saturated heterocycles. The molecule has 0 saturated carbocycles. The van der Waals surface area contributed by atoms with E-state index in [4.69, 9.17) is 4.74 Å². The molecule has 1 aliphatic heterocycles. The van der Waals surface area contributed by atoms with Crippen LogP contribution in [0, 0.1) is 5.82 Å². The monoisotopic (exact) mass is 419 g/mol. The topological polar surface area (TPSA) is 64.6 Å². The number of alkyl halides is 3. The van der Waals surface area contributed by atoms with E-state index in [2.05, 4.69) is 9.46 Å². The molecular formula is C18H17F4NO4S. The number of nitrogens with one attached hydrogen (secondary N) is 1. The largest absolute Gasteiger partial charge is 0.573 e. The zero-order chi connectivity index (χ0) is 20.7. The van der Waals surface area contributed by atoms with Crippen molar-refractivity contribution >= 4 is 10.0 Å². The van der Waals surface area contributed by atoms with Gasteiger partial charge in [-0.3, -0.25) is 0 Å². The van der Waals surface area contributed by atoms with Crippen LogP contribution in [0.5, 0.6) is 11.5 Å². The lowest BCUT2D eigenvalue weighted by atomic mass is 9.90. The zero-order valence-corrected chi connectivity index (χ0v) is 15.7. The van der Waals surface area contributed by atoms with Crippen LogP contribution in [-0.2, 0) is 10.0 Å². The van der Waals surface area contributed by atoms with Crippen molar-refractivity contribution in [1.82, 2.24) is 4.72 Å². The fourth-order valence-corrected chi connectivity index (χ4v) is 4.22. The van der Waals surface area contributed by atoms with Gasteiger partial charge in [0.05, 0.1) is 10.9 Å². The van der Waals surface area contributed by atoms with Crippen LogP contribution < -0.4 is 14.2 Å². The molecule has 28 heavy (non-hydrogen) atoms. The molecule has 0 amide bonds. The normalized spacial score (nSPS) is 18.9. The Kier molecular flexibility index (Phi) is 5.05. The standard InChI is InChI=1S/C18H17F4NO4S/c1-17(2)10-15(14-9-11(19)3-8-16(14)27-17)23-28(24,25)13-6-4-12(5-7-13)26-18(20,21)22/h3-9,15,23H,10H2,1-2H3/t15-/m1/s1. The maximum Gasteiger partial charge on any atom is 0.573 e. The van der Waals surface area contributed by atoms with Gasteiger partial charge in [-0.05, 0) is 56.3 Å². The summed E-state index contributed by atoms with van der Waals surface area (Å²) in [5.74, 6) is -0.717. The van der Waals surface area contributed by atoms with Crippen LogP contribution in [0.2, 0.25) is 0 Å². The molecule has 1 N–H and O–H groups in total. The van der Waals surface area contributed by atoms with Gasteiger partial charge in [0.1, 0.15) is 22.9 Å². The van der Waals surface area contributed by atoms with Crippen molar-refractivity contribution in [3.05, 3.63) is 53.8 Å². The molecule has 1 heterocycles. The van der Waals surface area contributed by atoms with Crippen molar-refractivity contribution in [1.29, 1.82) is 0 Å². The highest BCUT2D eigenvalue weighted by atomic mass is 32.2. The third-order valence-electron chi connectivity index (χ3n) is 4.09. The molecule has 0 bridgehead atoms. The van der Waals surface area contributed by atoms with Gasteiger partial charge in [0, 0.05) is 12.0 Å². The molecule has 1 atom stereocenters. The van der Waals surface area contributed by atoms with Crippen LogP contribution in [-0.4, -0.2) is 20.4 Å². The molecule has 0 fully saturated rings. The average Bonchev–Trinajstić information content (AvgIpc) is 2.53. The zero-order valence-electron chi connectivity index (χ0n) is 14.9. The number of benzene rings is 2. The van der Waals surface area contributed by atoms with Gasteiger partial charge in [-0.2, -0.15) is 0 Å². The van der Waals surface area contributed by atoms with Crippen LogP contribution in [0.1, 0.15) is 31.9 Å². The van der Waals surface area contributed by atoms with E-state index in [0.29, 0.717) is 11.3 Å². The van der Waals surface area contributed by atoms with E-state index in [0.717, 1.165) is 24.3 Å². The number of fused-ring (bicyclic) bond motifs is 1. The number of sulfonamides is 1. The predicted octanol–water partition coefficient (Wildman–Crippen LogP) is 4.31. The third-order valence-corrected chi connectivity index (χ3v) is 5.58. The van der Waals surface area contributed by atoms with Gasteiger partial charge in [-0.1, -0.05) is 0 Å². The minimum Gasteiger partial charge on any atom is -0.487 e. The summed E-state index contributed by atoms with van der Waals surface area (Å²) in [7, 11) is -4.09. The van der Waals surface area contributed by atoms with Gasteiger partial charge in [-0.15, -0.1) is 13.2 Å². The quantitative estimate of drug-likeness (QED) is 0.751. The van der Waals surface area contributed by atoms with E-state index in [9.17, 15) is 26.0 Å². The number of hydrogen-bond acceptors (Lipinski definition) is 4. The number of halogens is 4. The smallest absolute Gasteiger partial charge is 0.487 e. The number of hydrogen-bond donors (Lipinski definition) is 1. The van der Waals surface area contributed by atoms with E-state index in [-0.39, 0.29) is 11.3 Å². The van der Waals surface area contributed by atoms with Gasteiger partial charge < -0.3 is 9.47 Å². The molecule has 0 aliphatic carbocycles. The van der Waals surface area contributed by atoms with E-state index < -0.39 is 39.6 Å². The predicted molar refractivity (Wildman–Crippen MR) is 91.9 cm³/mol. The lowest BCUT2D eigenvalue weighted by molar-refractivity contribution is -0.274. The molecule has 0 unspecified atom stereocenters. The summed E-state index contributed by atoms with van der Waals surface area (Å²) in [6.45, 7) is 3.54. The molecule has 1 aliphatic rings. The van der Waals surface area contributed by atoms with Gasteiger partial charge >= 0.3 is 6.36 Å². The molecule has 10 heteroatoms. The maximum absolute atomic E-state index is 13.7. The first kappa shape index (κ1) is 20.4. The second-order valence-corrected chi connectivity index (χ2v) is 8.66. The van der Waals surface area contributed by atoms with Gasteiger partial charge in [0.2, 0.25) is 10.0 Å². The van der Waals surface area contributed by atoms with Gasteiger partial charge in [-0.25, -0.2) is 17.5 Å². The highest BCUT2D eigenvalue weighted by Crippen LogP contribution is 2.40. The average molecular weight is 419 g/mol. The molecule has 3 rings (SSSR count). The first-order chi connectivity index (χ1) is 12.8.